The van der Waals surface area contributed by atoms with Gasteiger partial charge < -0.3 is 20.5 Å². The SMILES string of the molecule is CCOC1CCN(CC(O)c2cccc(N)c2)CC1. The number of nitrogen functional groups attached to an aromatic ring is 1. The van der Waals surface area contributed by atoms with Gasteiger partial charge in [-0.3, -0.25) is 0 Å². The van der Waals surface area contributed by atoms with E-state index in [1.165, 1.54) is 0 Å². The molecule has 1 heterocycles. The highest BCUT2D eigenvalue weighted by atomic mass is 16.5. The molecule has 19 heavy (non-hydrogen) atoms. The van der Waals surface area contributed by atoms with Gasteiger partial charge in [0.15, 0.2) is 0 Å². The van der Waals surface area contributed by atoms with Gasteiger partial charge in [0, 0.05) is 31.9 Å². The van der Waals surface area contributed by atoms with Crippen molar-refractivity contribution in [2.24, 2.45) is 0 Å². The Bertz CT molecular complexity index is 389. The lowest BCUT2D eigenvalue weighted by Gasteiger charge is -2.33. The molecule has 3 N–H and O–H groups in total. The van der Waals surface area contributed by atoms with E-state index in [1.807, 2.05) is 31.2 Å². The molecule has 1 unspecified atom stereocenters. The molecule has 0 aromatic heterocycles. The third-order valence-electron chi connectivity index (χ3n) is 3.66. The molecule has 0 radical (unpaired) electrons. The van der Waals surface area contributed by atoms with Gasteiger partial charge in [0.2, 0.25) is 0 Å². The molecule has 1 fully saturated rings. The summed E-state index contributed by atoms with van der Waals surface area (Å²) in [4.78, 5) is 2.30. The molecule has 0 saturated carbocycles. The number of hydrogen-bond acceptors (Lipinski definition) is 4. The van der Waals surface area contributed by atoms with Crippen LogP contribution in [0.2, 0.25) is 0 Å². The highest BCUT2D eigenvalue weighted by Crippen LogP contribution is 2.20. The van der Waals surface area contributed by atoms with E-state index in [1.54, 1.807) is 0 Å². The van der Waals surface area contributed by atoms with Crippen molar-refractivity contribution in [1.82, 2.24) is 4.90 Å². The van der Waals surface area contributed by atoms with Gasteiger partial charge in [-0.15, -0.1) is 0 Å². The van der Waals surface area contributed by atoms with E-state index in [4.69, 9.17) is 10.5 Å². The number of aliphatic hydroxyl groups is 1. The minimum absolute atomic E-state index is 0.394. The zero-order valence-corrected chi connectivity index (χ0v) is 11.6. The van der Waals surface area contributed by atoms with Crippen LogP contribution in [0.5, 0.6) is 0 Å². The molecule has 0 amide bonds. The van der Waals surface area contributed by atoms with Crippen molar-refractivity contribution in [3.8, 4) is 0 Å². The molecule has 0 spiro atoms. The van der Waals surface area contributed by atoms with Gasteiger partial charge in [0.1, 0.15) is 0 Å². The highest BCUT2D eigenvalue weighted by molar-refractivity contribution is 5.41. The van der Waals surface area contributed by atoms with Crippen LogP contribution in [-0.4, -0.2) is 42.4 Å². The second-order valence-electron chi connectivity index (χ2n) is 5.14. The lowest BCUT2D eigenvalue weighted by atomic mass is 10.0. The van der Waals surface area contributed by atoms with Crippen LogP contribution < -0.4 is 5.73 Å². The maximum Gasteiger partial charge on any atom is 0.0917 e. The molecule has 1 aromatic carbocycles. The van der Waals surface area contributed by atoms with Gasteiger partial charge in [-0.25, -0.2) is 0 Å². The topological polar surface area (TPSA) is 58.7 Å². The normalized spacial score (nSPS) is 19.5. The first-order valence-electron chi connectivity index (χ1n) is 7.06. The summed E-state index contributed by atoms with van der Waals surface area (Å²) in [6.07, 6.45) is 2.03. The third-order valence-corrected chi connectivity index (χ3v) is 3.66. The summed E-state index contributed by atoms with van der Waals surface area (Å²) in [6.45, 7) is 5.48. The number of ether oxygens (including phenoxy) is 1. The highest BCUT2D eigenvalue weighted by Gasteiger charge is 2.21. The molecule has 2 rings (SSSR count). The van der Waals surface area contributed by atoms with Crippen molar-refractivity contribution in [1.29, 1.82) is 0 Å². The van der Waals surface area contributed by atoms with E-state index >= 15 is 0 Å². The summed E-state index contributed by atoms with van der Waals surface area (Å²) in [6, 6.07) is 7.49. The van der Waals surface area contributed by atoms with Gasteiger partial charge in [-0.1, -0.05) is 12.1 Å². The Balaban J connectivity index is 1.82. The number of β-amino-alcohol motifs (C(OH)–C–C–N with tert-alkyl or cyclic N) is 1. The Morgan fingerprint density at radius 3 is 2.79 bits per heavy atom. The van der Waals surface area contributed by atoms with E-state index in [2.05, 4.69) is 4.90 Å². The number of benzene rings is 1. The average Bonchev–Trinajstić information content (AvgIpc) is 2.41. The van der Waals surface area contributed by atoms with Crippen LogP contribution in [0.4, 0.5) is 5.69 Å². The Morgan fingerprint density at radius 2 is 2.16 bits per heavy atom. The largest absolute Gasteiger partial charge is 0.399 e. The average molecular weight is 264 g/mol. The zero-order valence-electron chi connectivity index (χ0n) is 11.6. The van der Waals surface area contributed by atoms with Gasteiger partial charge in [-0.2, -0.15) is 0 Å². The predicted octanol–water partition coefficient (Wildman–Crippen LogP) is 1.80. The number of hydrogen-bond donors (Lipinski definition) is 2. The first-order valence-corrected chi connectivity index (χ1v) is 7.06. The van der Waals surface area contributed by atoms with Crippen LogP contribution in [0.25, 0.3) is 0 Å². The van der Waals surface area contributed by atoms with Gasteiger partial charge >= 0.3 is 0 Å². The zero-order chi connectivity index (χ0) is 13.7. The summed E-state index contributed by atoms with van der Waals surface area (Å²) in [5.41, 5.74) is 7.34. The molecule has 1 saturated heterocycles. The monoisotopic (exact) mass is 264 g/mol. The summed E-state index contributed by atoms with van der Waals surface area (Å²) in [5, 5.41) is 10.2. The Labute approximate surface area is 115 Å². The van der Waals surface area contributed by atoms with Gasteiger partial charge in [0.05, 0.1) is 12.2 Å². The van der Waals surface area contributed by atoms with E-state index in [0.717, 1.165) is 38.1 Å². The van der Waals surface area contributed by atoms with Crippen LogP contribution in [0, 0.1) is 0 Å². The fraction of sp³-hybridized carbons (Fsp3) is 0.600. The molecule has 1 aliphatic heterocycles. The van der Waals surface area contributed by atoms with Gasteiger partial charge in [0.25, 0.3) is 0 Å². The van der Waals surface area contributed by atoms with E-state index in [9.17, 15) is 5.11 Å². The van der Waals surface area contributed by atoms with Crippen molar-refractivity contribution >= 4 is 5.69 Å². The molecule has 1 aliphatic rings. The van der Waals surface area contributed by atoms with Crippen molar-refractivity contribution in [2.75, 3.05) is 32.0 Å². The quantitative estimate of drug-likeness (QED) is 0.796. The minimum atomic E-state index is -0.466. The van der Waals surface area contributed by atoms with E-state index in [0.29, 0.717) is 18.3 Å². The molecule has 0 aliphatic carbocycles. The van der Waals surface area contributed by atoms with Crippen LogP contribution in [0.3, 0.4) is 0 Å². The molecule has 0 bridgehead atoms. The molecule has 106 valence electrons. The van der Waals surface area contributed by atoms with E-state index in [-0.39, 0.29) is 0 Å². The van der Waals surface area contributed by atoms with Crippen molar-refractivity contribution < 1.29 is 9.84 Å². The summed E-state index contributed by atoms with van der Waals surface area (Å²) in [7, 11) is 0. The van der Waals surface area contributed by atoms with Gasteiger partial charge in [-0.05, 0) is 37.5 Å². The summed E-state index contributed by atoms with van der Waals surface area (Å²) >= 11 is 0. The second-order valence-corrected chi connectivity index (χ2v) is 5.14. The molecule has 4 heteroatoms. The third kappa shape index (κ3) is 4.20. The maximum atomic E-state index is 10.2. The maximum absolute atomic E-state index is 10.2. The summed E-state index contributed by atoms with van der Waals surface area (Å²) in [5.74, 6) is 0. The van der Waals surface area contributed by atoms with Crippen LogP contribution in [0.15, 0.2) is 24.3 Å². The molecule has 4 nitrogen and oxygen atoms in total. The number of rotatable bonds is 5. The summed E-state index contributed by atoms with van der Waals surface area (Å²) < 4.78 is 5.63. The Kier molecular flexibility index (Phi) is 5.19. The lowest BCUT2D eigenvalue weighted by molar-refractivity contribution is 0.00329. The second kappa shape index (κ2) is 6.89. The van der Waals surface area contributed by atoms with Crippen LogP contribution >= 0.6 is 0 Å². The number of nitrogens with zero attached hydrogens (tertiary/aromatic N) is 1. The number of nitrogens with two attached hydrogens (primary N) is 1. The number of piperidine rings is 1. The fourth-order valence-electron chi connectivity index (χ4n) is 2.61. The molecular formula is C15H24N2O2. The number of likely N-dealkylation sites (tertiary alicyclic amines) is 1. The molecule has 1 aromatic rings. The smallest absolute Gasteiger partial charge is 0.0917 e. The van der Waals surface area contributed by atoms with Crippen LogP contribution in [-0.2, 0) is 4.74 Å². The van der Waals surface area contributed by atoms with Crippen LogP contribution in [0.1, 0.15) is 31.4 Å². The number of aliphatic hydroxyl groups excluding tert-OH is 1. The Hall–Kier alpha value is -1.10. The van der Waals surface area contributed by atoms with Crippen molar-refractivity contribution in [2.45, 2.75) is 32.0 Å². The van der Waals surface area contributed by atoms with Crippen molar-refractivity contribution in [3.63, 3.8) is 0 Å². The first kappa shape index (κ1) is 14.3. The fourth-order valence-corrected chi connectivity index (χ4v) is 2.61. The molecule has 1 atom stereocenters. The minimum Gasteiger partial charge on any atom is -0.399 e. The Morgan fingerprint density at radius 1 is 1.42 bits per heavy atom. The van der Waals surface area contributed by atoms with E-state index < -0.39 is 6.10 Å². The van der Waals surface area contributed by atoms with Crippen molar-refractivity contribution in [3.05, 3.63) is 29.8 Å². The lowest BCUT2D eigenvalue weighted by Crippen LogP contribution is -2.39. The number of anilines is 1. The standard InChI is InChI=1S/C15H24N2O2/c1-2-19-14-6-8-17(9-7-14)11-15(18)12-4-3-5-13(16)10-12/h3-5,10,14-15,18H,2,6-9,11,16H2,1H3. The molecular weight excluding hydrogens is 240 g/mol. The predicted molar refractivity (Wildman–Crippen MR) is 76.9 cm³/mol. The first-order chi connectivity index (χ1) is 9.19.